The van der Waals surface area contributed by atoms with E-state index in [1.807, 2.05) is 0 Å². The summed E-state index contributed by atoms with van der Waals surface area (Å²) in [5, 5.41) is 0. The number of aryl methyl sites for hydroxylation is 1. The summed E-state index contributed by atoms with van der Waals surface area (Å²) in [4.78, 5) is 0. The van der Waals surface area contributed by atoms with E-state index >= 15 is 0 Å². The molecule has 0 aliphatic carbocycles. The van der Waals surface area contributed by atoms with Gasteiger partial charge in [0.05, 0.1) is 6.04 Å². The number of nitrogens with zero attached hydrogens (tertiary/aromatic N) is 1. The Morgan fingerprint density at radius 3 is 2.24 bits per heavy atom. The average Bonchev–Trinajstić information content (AvgIpc) is 2.72. The molecule has 0 aliphatic heterocycles. The summed E-state index contributed by atoms with van der Waals surface area (Å²) in [6.45, 7) is 8.94. The van der Waals surface area contributed by atoms with Gasteiger partial charge in [-0.1, -0.05) is 44.2 Å². The molecule has 2 rings (SSSR count). The highest BCUT2D eigenvalue weighted by molar-refractivity contribution is 5.26. The highest BCUT2D eigenvalue weighted by Gasteiger charge is 2.13. The summed E-state index contributed by atoms with van der Waals surface area (Å²) in [6, 6.07) is 13.4. The Labute approximate surface area is 104 Å². The molecule has 0 saturated heterocycles. The van der Waals surface area contributed by atoms with Crippen molar-refractivity contribution in [2.75, 3.05) is 0 Å². The van der Waals surface area contributed by atoms with Crippen LogP contribution in [0.5, 0.6) is 0 Å². The van der Waals surface area contributed by atoms with E-state index in [-0.39, 0.29) is 0 Å². The lowest BCUT2D eigenvalue weighted by atomic mass is 10.1. The van der Waals surface area contributed by atoms with Gasteiger partial charge in [0.1, 0.15) is 0 Å². The van der Waals surface area contributed by atoms with Gasteiger partial charge in [-0.05, 0) is 37.0 Å². The predicted octanol–water partition coefficient (Wildman–Crippen LogP) is 4.53. The van der Waals surface area contributed by atoms with Gasteiger partial charge in [-0.15, -0.1) is 0 Å². The number of rotatable bonds is 3. The fourth-order valence-corrected chi connectivity index (χ4v) is 2.33. The first kappa shape index (κ1) is 12.0. The Morgan fingerprint density at radius 1 is 1.00 bits per heavy atom. The molecule has 0 aliphatic rings. The minimum atomic E-state index is 0.405. The maximum Gasteiger partial charge on any atom is 0.0554 e. The molecule has 2 aromatic rings. The largest absolute Gasteiger partial charge is 0.344 e. The fraction of sp³-hybridized carbons (Fsp3) is 0.375. The van der Waals surface area contributed by atoms with Gasteiger partial charge in [0.25, 0.3) is 0 Å². The zero-order valence-corrected chi connectivity index (χ0v) is 11.1. The molecule has 0 radical (unpaired) electrons. The second-order valence-electron chi connectivity index (χ2n) is 5.09. The highest BCUT2D eigenvalue weighted by atomic mass is 15.0. The molecule has 0 unspecified atom stereocenters. The van der Waals surface area contributed by atoms with Crippen LogP contribution in [0.25, 0.3) is 0 Å². The van der Waals surface area contributed by atoms with Gasteiger partial charge in [-0.25, -0.2) is 0 Å². The van der Waals surface area contributed by atoms with Crippen molar-refractivity contribution in [2.45, 2.75) is 39.7 Å². The quantitative estimate of drug-likeness (QED) is 0.726. The van der Waals surface area contributed by atoms with Crippen LogP contribution < -0.4 is 0 Å². The summed E-state index contributed by atoms with van der Waals surface area (Å²) in [7, 11) is 0. The van der Waals surface area contributed by atoms with E-state index in [1.165, 1.54) is 16.8 Å². The molecule has 0 saturated carbocycles. The zero-order valence-electron chi connectivity index (χ0n) is 11.1. The third kappa shape index (κ3) is 2.44. The first-order valence-electron chi connectivity index (χ1n) is 6.33. The van der Waals surface area contributed by atoms with Gasteiger partial charge < -0.3 is 4.57 Å². The third-order valence-corrected chi connectivity index (χ3v) is 3.31. The summed E-state index contributed by atoms with van der Waals surface area (Å²) >= 11 is 0. The molecule has 1 heterocycles. The third-order valence-electron chi connectivity index (χ3n) is 3.31. The lowest BCUT2D eigenvalue weighted by Crippen LogP contribution is -2.09. The minimum absolute atomic E-state index is 0.405. The molecule has 0 amide bonds. The van der Waals surface area contributed by atoms with Crippen LogP contribution in [-0.4, -0.2) is 4.57 Å². The van der Waals surface area contributed by atoms with Crippen molar-refractivity contribution < 1.29 is 0 Å². The average molecular weight is 227 g/mol. The van der Waals surface area contributed by atoms with Crippen molar-refractivity contribution in [2.24, 2.45) is 0 Å². The number of hydrogen-bond donors (Lipinski definition) is 0. The van der Waals surface area contributed by atoms with E-state index in [2.05, 4.69) is 74.9 Å². The van der Waals surface area contributed by atoms with Gasteiger partial charge in [0, 0.05) is 11.9 Å². The Kier molecular flexibility index (Phi) is 3.37. The Bertz CT molecular complexity index is 479. The molecular formula is C16H21N. The number of benzene rings is 1. The molecule has 0 bridgehead atoms. The van der Waals surface area contributed by atoms with Crippen LogP contribution in [-0.2, 0) is 0 Å². The number of hydrogen-bond acceptors (Lipinski definition) is 0. The van der Waals surface area contributed by atoms with Gasteiger partial charge in [-0.2, -0.15) is 0 Å². The van der Waals surface area contributed by atoms with Crippen molar-refractivity contribution in [3.05, 3.63) is 59.4 Å². The van der Waals surface area contributed by atoms with Crippen LogP contribution in [0.3, 0.4) is 0 Å². The van der Waals surface area contributed by atoms with E-state index in [4.69, 9.17) is 0 Å². The van der Waals surface area contributed by atoms with E-state index in [1.54, 1.807) is 0 Å². The summed E-state index contributed by atoms with van der Waals surface area (Å²) in [5.41, 5.74) is 4.13. The van der Waals surface area contributed by atoms with Crippen LogP contribution in [0, 0.1) is 6.92 Å². The maximum absolute atomic E-state index is 2.40. The first-order valence-corrected chi connectivity index (χ1v) is 6.33. The molecule has 17 heavy (non-hydrogen) atoms. The predicted molar refractivity (Wildman–Crippen MR) is 73.5 cm³/mol. The van der Waals surface area contributed by atoms with E-state index in [0.29, 0.717) is 12.0 Å². The summed E-state index contributed by atoms with van der Waals surface area (Å²) in [6.07, 6.45) is 2.26. The second-order valence-corrected chi connectivity index (χ2v) is 5.09. The van der Waals surface area contributed by atoms with Crippen LogP contribution in [0.4, 0.5) is 0 Å². The van der Waals surface area contributed by atoms with Crippen molar-refractivity contribution in [3.63, 3.8) is 0 Å². The molecule has 1 atom stereocenters. The molecule has 1 heteroatoms. The molecule has 1 nitrogen and oxygen atoms in total. The molecule has 0 fully saturated rings. The maximum atomic E-state index is 2.40. The monoisotopic (exact) mass is 227 g/mol. The molecular weight excluding hydrogens is 206 g/mol. The van der Waals surface area contributed by atoms with Crippen LogP contribution in [0.1, 0.15) is 49.6 Å². The van der Waals surface area contributed by atoms with Crippen molar-refractivity contribution >= 4 is 0 Å². The Balaban J connectivity index is 2.40. The van der Waals surface area contributed by atoms with E-state index < -0.39 is 0 Å². The number of aromatic nitrogens is 1. The fourth-order valence-electron chi connectivity index (χ4n) is 2.33. The van der Waals surface area contributed by atoms with Crippen LogP contribution in [0.15, 0.2) is 42.6 Å². The van der Waals surface area contributed by atoms with E-state index in [9.17, 15) is 0 Å². The van der Waals surface area contributed by atoms with Gasteiger partial charge in [-0.3, -0.25) is 0 Å². The lowest BCUT2D eigenvalue weighted by Gasteiger charge is -2.19. The minimum Gasteiger partial charge on any atom is -0.344 e. The molecule has 1 aromatic carbocycles. The summed E-state index contributed by atoms with van der Waals surface area (Å²) in [5.74, 6) is 0.565. The van der Waals surface area contributed by atoms with Crippen molar-refractivity contribution in [1.29, 1.82) is 0 Å². The van der Waals surface area contributed by atoms with Crippen LogP contribution in [0.2, 0.25) is 0 Å². The summed E-state index contributed by atoms with van der Waals surface area (Å²) < 4.78 is 2.40. The van der Waals surface area contributed by atoms with Crippen molar-refractivity contribution in [1.82, 2.24) is 4.57 Å². The second kappa shape index (κ2) is 4.79. The standard InChI is InChI=1S/C16H21N/c1-12(2)16-10-13(3)11-17(16)14(4)15-8-6-5-7-9-15/h5-12,14H,1-4H3/t14-/m1/s1. The Hall–Kier alpha value is -1.50. The zero-order chi connectivity index (χ0) is 12.4. The van der Waals surface area contributed by atoms with Gasteiger partial charge in [0.2, 0.25) is 0 Å². The first-order chi connectivity index (χ1) is 8.09. The topological polar surface area (TPSA) is 4.93 Å². The smallest absolute Gasteiger partial charge is 0.0554 e. The SMILES string of the molecule is Cc1cc(C(C)C)n([C@H](C)c2ccccc2)c1. The normalized spacial score (nSPS) is 13.0. The molecule has 0 N–H and O–H groups in total. The van der Waals surface area contributed by atoms with Crippen LogP contribution >= 0.6 is 0 Å². The van der Waals surface area contributed by atoms with E-state index in [0.717, 1.165) is 0 Å². The molecule has 90 valence electrons. The lowest BCUT2D eigenvalue weighted by molar-refractivity contribution is 0.591. The van der Waals surface area contributed by atoms with Gasteiger partial charge >= 0.3 is 0 Å². The highest BCUT2D eigenvalue weighted by Crippen LogP contribution is 2.26. The molecule has 0 spiro atoms. The van der Waals surface area contributed by atoms with Gasteiger partial charge in [0.15, 0.2) is 0 Å². The van der Waals surface area contributed by atoms with Crippen molar-refractivity contribution in [3.8, 4) is 0 Å². The Morgan fingerprint density at radius 2 is 1.65 bits per heavy atom. The molecule has 1 aromatic heterocycles.